The monoisotopic (exact) mass is 188 g/mol. The average molecular weight is 188 g/mol. The van der Waals surface area contributed by atoms with Gasteiger partial charge in [-0.15, -0.1) is 0 Å². The highest BCUT2D eigenvalue weighted by Gasteiger charge is 2.30. The van der Waals surface area contributed by atoms with E-state index in [2.05, 4.69) is 31.8 Å². The molecule has 0 aliphatic heterocycles. The smallest absolute Gasteiger partial charge is 0.232 e. The highest BCUT2D eigenvalue weighted by atomic mass is 16.1. The Morgan fingerprint density at radius 1 is 1.50 bits per heavy atom. The van der Waals surface area contributed by atoms with Gasteiger partial charge in [0.2, 0.25) is 5.78 Å². The molecule has 0 unspecified atom stereocenters. The van der Waals surface area contributed by atoms with E-state index >= 15 is 0 Å². The number of carbonyl (C=O) groups excluding carboxylic acids is 1. The van der Waals surface area contributed by atoms with Crippen molar-refractivity contribution in [1.82, 2.24) is 0 Å². The lowest BCUT2D eigenvalue weighted by Crippen LogP contribution is -2.23. The fourth-order valence-electron chi connectivity index (χ4n) is 1.91. The van der Waals surface area contributed by atoms with Crippen molar-refractivity contribution in [2.45, 2.75) is 34.1 Å². The summed E-state index contributed by atoms with van der Waals surface area (Å²) >= 11 is 0. The molecular formula is C13H16O. The highest BCUT2D eigenvalue weighted by molar-refractivity contribution is 6.10. The fraction of sp³-hybridized carbons (Fsp3) is 0.462. The van der Waals surface area contributed by atoms with E-state index in [0.717, 1.165) is 17.6 Å². The molecule has 0 bridgehead atoms. The Morgan fingerprint density at radius 3 is 2.64 bits per heavy atom. The van der Waals surface area contributed by atoms with Crippen molar-refractivity contribution in [3.63, 3.8) is 0 Å². The average Bonchev–Trinajstić information content (AvgIpc) is 2.02. The second-order valence-corrected chi connectivity index (χ2v) is 4.25. The molecular weight excluding hydrogens is 172 g/mol. The van der Waals surface area contributed by atoms with Gasteiger partial charge in [-0.05, 0) is 37.2 Å². The minimum Gasteiger partial charge on any atom is -0.280 e. The van der Waals surface area contributed by atoms with Gasteiger partial charge in [-0.2, -0.15) is 0 Å². The van der Waals surface area contributed by atoms with E-state index in [1.807, 2.05) is 13.0 Å². The van der Waals surface area contributed by atoms with Crippen molar-refractivity contribution in [2.24, 2.45) is 5.41 Å². The first-order valence-corrected chi connectivity index (χ1v) is 4.84. The molecule has 0 N–H and O–H groups in total. The Kier molecular flexibility index (Phi) is 2.96. The molecule has 0 fully saturated rings. The normalized spacial score (nSPS) is 18.9. The quantitative estimate of drug-likeness (QED) is 0.457. The highest BCUT2D eigenvalue weighted by Crippen LogP contribution is 2.36. The van der Waals surface area contributed by atoms with Gasteiger partial charge in [0.05, 0.1) is 0 Å². The molecule has 0 aromatic rings. The molecule has 1 nitrogen and oxygen atoms in total. The maximum absolute atomic E-state index is 11.8. The van der Waals surface area contributed by atoms with E-state index in [0.29, 0.717) is 0 Å². The molecule has 1 rings (SSSR count). The van der Waals surface area contributed by atoms with Crippen LogP contribution in [0.25, 0.3) is 0 Å². The van der Waals surface area contributed by atoms with E-state index in [9.17, 15) is 4.79 Å². The van der Waals surface area contributed by atoms with Crippen LogP contribution in [-0.2, 0) is 4.79 Å². The molecule has 0 atom stereocenters. The molecule has 0 saturated heterocycles. The van der Waals surface area contributed by atoms with E-state index in [1.54, 1.807) is 6.92 Å². The molecule has 0 radical (unpaired) electrons. The van der Waals surface area contributed by atoms with Crippen molar-refractivity contribution in [1.29, 1.82) is 0 Å². The van der Waals surface area contributed by atoms with Gasteiger partial charge in [-0.3, -0.25) is 4.79 Å². The van der Waals surface area contributed by atoms with Crippen LogP contribution in [0.15, 0.2) is 23.3 Å². The van der Waals surface area contributed by atoms with E-state index in [1.165, 1.54) is 0 Å². The van der Waals surface area contributed by atoms with Crippen molar-refractivity contribution >= 4 is 5.78 Å². The summed E-state index contributed by atoms with van der Waals surface area (Å²) < 4.78 is 0. The maximum atomic E-state index is 11.8. The topological polar surface area (TPSA) is 17.1 Å². The second-order valence-electron chi connectivity index (χ2n) is 4.25. The molecule has 14 heavy (non-hydrogen) atoms. The third-order valence-electron chi connectivity index (χ3n) is 2.53. The van der Waals surface area contributed by atoms with Crippen LogP contribution in [0.2, 0.25) is 0 Å². The van der Waals surface area contributed by atoms with Crippen LogP contribution in [0.4, 0.5) is 0 Å². The molecule has 0 aromatic carbocycles. The van der Waals surface area contributed by atoms with Gasteiger partial charge < -0.3 is 0 Å². The van der Waals surface area contributed by atoms with Crippen molar-refractivity contribution in [3.8, 4) is 11.8 Å². The first-order chi connectivity index (χ1) is 6.49. The largest absolute Gasteiger partial charge is 0.280 e. The van der Waals surface area contributed by atoms with Gasteiger partial charge in [-0.25, -0.2) is 0 Å². The van der Waals surface area contributed by atoms with Gasteiger partial charge in [0.15, 0.2) is 0 Å². The third kappa shape index (κ3) is 1.96. The van der Waals surface area contributed by atoms with Gasteiger partial charge in [0, 0.05) is 5.57 Å². The van der Waals surface area contributed by atoms with Crippen molar-refractivity contribution < 1.29 is 4.79 Å². The van der Waals surface area contributed by atoms with Crippen molar-refractivity contribution in [2.75, 3.05) is 0 Å². The van der Waals surface area contributed by atoms with Crippen LogP contribution >= 0.6 is 0 Å². The molecule has 0 aromatic heterocycles. The number of carbonyl (C=O) groups is 1. The standard InChI is InChI=1S/C13H16O/c1-5-7-11(14)12-10(2)8-6-9-13(12,3)4/h6,8H,9H2,1-4H3. The van der Waals surface area contributed by atoms with Crippen LogP contribution < -0.4 is 0 Å². The van der Waals surface area contributed by atoms with E-state index < -0.39 is 0 Å². The van der Waals surface area contributed by atoms with Crippen LogP contribution in [-0.4, -0.2) is 5.78 Å². The summed E-state index contributed by atoms with van der Waals surface area (Å²) in [6, 6.07) is 0. The number of rotatable bonds is 1. The molecule has 0 amide bonds. The predicted molar refractivity (Wildman–Crippen MR) is 58.7 cm³/mol. The molecule has 0 saturated carbocycles. The van der Waals surface area contributed by atoms with Gasteiger partial charge in [-0.1, -0.05) is 31.9 Å². The van der Waals surface area contributed by atoms with Crippen LogP contribution in [0.1, 0.15) is 34.1 Å². The summed E-state index contributed by atoms with van der Waals surface area (Å²) in [7, 11) is 0. The summed E-state index contributed by atoms with van der Waals surface area (Å²) in [5.41, 5.74) is 1.85. The first kappa shape index (κ1) is 10.8. The lowest BCUT2D eigenvalue weighted by molar-refractivity contribution is -0.111. The third-order valence-corrected chi connectivity index (χ3v) is 2.53. The number of hydrogen-bond acceptors (Lipinski definition) is 1. The molecule has 1 heteroatoms. The zero-order chi connectivity index (χ0) is 10.8. The number of hydrogen-bond donors (Lipinski definition) is 0. The Morgan fingerprint density at radius 2 is 2.14 bits per heavy atom. The molecule has 0 spiro atoms. The number of Topliss-reactive ketones (excluding diaryl/α,β-unsaturated/α-hetero) is 1. The first-order valence-electron chi connectivity index (χ1n) is 4.84. The summed E-state index contributed by atoms with van der Waals surface area (Å²) in [6.07, 6.45) is 5.04. The van der Waals surface area contributed by atoms with Crippen LogP contribution in [0, 0.1) is 17.3 Å². The Balaban J connectivity index is 3.18. The number of ketones is 1. The van der Waals surface area contributed by atoms with Crippen molar-refractivity contribution in [3.05, 3.63) is 23.3 Å². The second kappa shape index (κ2) is 3.84. The Bertz CT molecular complexity index is 370. The molecule has 1 aliphatic carbocycles. The lowest BCUT2D eigenvalue weighted by atomic mass is 9.74. The van der Waals surface area contributed by atoms with Crippen LogP contribution in [0.5, 0.6) is 0 Å². The van der Waals surface area contributed by atoms with Gasteiger partial charge in [0.1, 0.15) is 0 Å². The SMILES string of the molecule is CC#CC(=O)C1=C(C)C=CCC1(C)C. The predicted octanol–water partition coefficient (Wildman–Crippen LogP) is 2.88. The zero-order valence-electron chi connectivity index (χ0n) is 9.27. The lowest BCUT2D eigenvalue weighted by Gasteiger charge is -2.29. The Labute approximate surface area is 85.9 Å². The zero-order valence-corrected chi connectivity index (χ0v) is 9.27. The Hall–Kier alpha value is -1.29. The minimum atomic E-state index is -0.0697. The number of allylic oxidation sites excluding steroid dienone is 4. The molecule has 0 heterocycles. The maximum Gasteiger partial charge on any atom is 0.232 e. The summed E-state index contributed by atoms with van der Waals surface area (Å²) in [6.45, 7) is 7.84. The van der Waals surface area contributed by atoms with Crippen LogP contribution in [0.3, 0.4) is 0 Å². The molecule has 74 valence electrons. The fourth-order valence-corrected chi connectivity index (χ4v) is 1.91. The summed E-state index contributed by atoms with van der Waals surface area (Å²) in [5.74, 6) is 5.26. The molecule has 1 aliphatic rings. The van der Waals surface area contributed by atoms with Gasteiger partial charge >= 0.3 is 0 Å². The van der Waals surface area contributed by atoms with E-state index in [4.69, 9.17) is 0 Å². The minimum absolute atomic E-state index is 0.0284. The van der Waals surface area contributed by atoms with E-state index in [-0.39, 0.29) is 11.2 Å². The summed E-state index contributed by atoms with van der Waals surface area (Å²) in [5, 5.41) is 0. The van der Waals surface area contributed by atoms with Gasteiger partial charge in [0.25, 0.3) is 0 Å². The summed E-state index contributed by atoms with van der Waals surface area (Å²) in [4.78, 5) is 11.8.